The second-order valence-corrected chi connectivity index (χ2v) is 20.8. The van der Waals surface area contributed by atoms with Crippen LogP contribution in [0.1, 0.15) is 67.1 Å². The van der Waals surface area contributed by atoms with Crippen molar-refractivity contribution in [2.24, 2.45) is 0 Å². The second kappa shape index (κ2) is 19.0. The fourth-order valence-electron chi connectivity index (χ4n) is 13.2. The molecule has 0 saturated heterocycles. The molecule has 0 unspecified atom stereocenters. The molecule has 2 heterocycles. The fraction of sp³-hybridized carbons (Fsp3) is 0.143. The van der Waals surface area contributed by atoms with Gasteiger partial charge in [-0.15, -0.1) is 0 Å². The molecule has 10 aromatic rings. The molecule has 0 spiro atoms. The van der Waals surface area contributed by atoms with E-state index in [0.29, 0.717) is 70.9 Å². The molecule has 4 amide bonds. The van der Waals surface area contributed by atoms with Crippen molar-refractivity contribution < 1.29 is 38.1 Å². The Hall–Kier alpha value is -9.80. The van der Waals surface area contributed by atoms with Crippen LogP contribution in [-0.4, -0.2) is 75.0 Å². The summed E-state index contributed by atoms with van der Waals surface area (Å²) in [5.41, 5.74) is 15.3. The summed E-state index contributed by atoms with van der Waals surface area (Å²) in [6, 6.07) is 55.9. The maximum absolute atomic E-state index is 15.3. The minimum atomic E-state index is -0.339. The molecule has 0 aromatic heterocycles. The van der Waals surface area contributed by atoms with Gasteiger partial charge in [0.05, 0.1) is 50.7 Å². The van der Waals surface area contributed by atoms with E-state index >= 15 is 19.2 Å². The number of benzene rings is 10. The summed E-state index contributed by atoms with van der Waals surface area (Å²) < 4.78 is 22.3. The first-order chi connectivity index (χ1) is 39.2. The van der Waals surface area contributed by atoms with Gasteiger partial charge in [-0.1, -0.05) is 134 Å². The normalized spacial score (nSPS) is 13.3. The van der Waals surface area contributed by atoms with Crippen molar-refractivity contribution in [3.63, 3.8) is 0 Å². The van der Waals surface area contributed by atoms with Crippen molar-refractivity contribution in [1.29, 1.82) is 0 Å². The van der Waals surface area contributed by atoms with Gasteiger partial charge in [-0.05, 0) is 150 Å². The highest BCUT2D eigenvalue weighted by atomic mass is 16.5. The standard InChI is InChI=1S/C70H52N2O8/c1-77-45-29-21-41(22-30-45)55-59-49-17-9-13-39-14-10-18-50(53(39)49)60(59)56(42-23-31-46(78-2)32-24-42)64-63(55)67(73)71(68(64)74)37-7-5-6-8-38-72-69(75)65-57(43-25-33-47(79-3)34-26-43)61-51-19-11-15-40-16-12-20-52(54(40)51)62(61)58(66(65)70(72)76)44-27-35-48(80-4)36-28-44/h9-36H,5-8,37-38H2,1-4H3. The molecule has 0 bridgehead atoms. The fourth-order valence-corrected chi connectivity index (χ4v) is 13.2. The van der Waals surface area contributed by atoms with Gasteiger partial charge in [0.2, 0.25) is 0 Å². The van der Waals surface area contributed by atoms with Crippen LogP contribution >= 0.6 is 0 Å². The van der Waals surface area contributed by atoms with E-state index in [4.69, 9.17) is 18.9 Å². The molecule has 4 aliphatic rings. The Morgan fingerprint density at radius 2 is 0.512 bits per heavy atom. The summed E-state index contributed by atoms with van der Waals surface area (Å²) in [7, 11) is 6.50. The van der Waals surface area contributed by atoms with Crippen molar-refractivity contribution in [3.05, 3.63) is 192 Å². The number of amides is 4. The molecule has 2 aliphatic heterocycles. The van der Waals surface area contributed by atoms with Crippen LogP contribution in [0.4, 0.5) is 0 Å². The zero-order chi connectivity index (χ0) is 54.5. The molecule has 390 valence electrons. The average Bonchev–Trinajstić information content (AvgIpc) is 4.38. The molecule has 0 atom stereocenters. The first kappa shape index (κ1) is 48.6. The first-order valence-corrected chi connectivity index (χ1v) is 27.1. The minimum Gasteiger partial charge on any atom is -0.497 e. The Labute approximate surface area is 462 Å². The van der Waals surface area contributed by atoms with Gasteiger partial charge in [0.1, 0.15) is 23.0 Å². The molecule has 14 rings (SSSR count). The third-order valence-electron chi connectivity index (χ3n) is 16.8. The summed E-state index contributed by atoms with van der Waals surface area (Å²) in [6.07, 6.45) is 2.32. The van der Waals surface area contributed by atoms with Crippen LogP contribution in [0, 0.1) is 0 Å². The van der Waals surface area contributed by atoms with Crippen LogP contribution < -0.4 is 18.9 Å². The molecular weight excluding hydrogens is 997 g/mol. The maximum atomic E-state index is 15.3. The van der Waals surface area contributed by atoms with Crippen LogP contribution in [-0.2, 0) is 0 Å². The van der Waals surface area contributed by atoms with Gasteiger partial charge in [0.15, 0.2) is 0 Å². The number of ether oxygens (including phenoxy) is 4. The Balaban J connectivity index is 0.787. The molecule has 0 fully saturated rings. The van der Waals surface area contributed by atoms with E-state index in [-0.39, 0.29) is 36.7 Å². The zero-order valence-electron chi connectivity index (χ0n) is 44.6. The topological polar surface area (TPSA) is 112 Å². The highest BCUT2D eigenvalue weighted by Crippen LogP contribution is 2.60. The monoisotopic (exact) mass is 1050 g/mol. The van der Waals surface area contributed by atoms with Crippen LogP contribution in [0.25, 0.3) is 111 Å². The lowest BCUT2D eigenvalue weighted by atomic mass is 9.81. The Bertz CT molecular complexity index is 3760. The van der Waals surface area contributed by atoms with Crippen molar-refractivity contribution in [1.82, 2.24) is 9.80 Å². The third kappa shape index (κ3) is 7.17. The predicted octanol–water partition coefficient (Wildman–Crippen LogP) is 15.4. The number of imide groups is 2. The number of unbranched alkanes of at least 4 members (excludes halogenated alkanes) is 3. The number of rotatable bonds is 15. The summed E-state index contributed by atoms with van der Waals surface area (Å²) in [4.78, 5) is 64.0. The second-order valence-electron chi connectivity index (χ2n) is 20.8. The van der Waals surface area contributed by atoms with Gasteiger partial charge in [-0.25, -0.2) is 0 Å². The molecule has 80 heavy (non-hydrogen) atoms. The lowest BCUT2D eigenvalue weighted by Gasteiger charge is -2.20. The van der Waals surface area contributed by atoms with Gasteiger partial charge in [-0.3, -0.25) is 29.0 Å². The van der Waals surface area contributed by atoms with E-state index in [2.05, 4.69) is 48.5 Å². The van der Waals surface area contributed by atoms with E-state index in [1.165, 1.54) is 9.80 Å². The molecular formula is C70H52N2O8. The molecule has 10 nitrogen and oxygen atoms in total. The molecule has 0 N–H and O–H groups in total. The Kier molecular flexibility index (Phi) is 11.5. The van der Waals surface area contributed by atoms with Gasteiger partial charge >= 0.3 is 0 Å². The molecule has 0 saturated carbocycles. The molecule has 10 heteroatoms. The third-order valence-corrected chi connectivity index (χ3v) is 16.8. The van der Waals surface area contributed by atoms with Gasteiger partial charge in [0, 0.05) is 35.3 Å². The first-order valence-electron chi connectivity index (χ1n) is 27.1. The van der Waals surface area contributed by atoms with E-state index in [9.17, 15) is 0 Å². The van der Waals surface area contributed by atoms with E-state index < -0.39 is 0 Å². The van der Waals surface area contributed by atoms with Crippen LogP contribution in [0.2, 0.25) is 0 Å². The van der Waals surface area contributed by atoms with Crippen LogP contribution in [0.5, 0.6) is 23.0 Å². The largest absolute Gasteiger partial charge is 0.497 e. The minimum absolute atomic E-state index is 0.191. The van der Waals surface area contributed by atoms with Crippen LogP contribution in [0.15, 0.2) is 170 Å². The van der Waals surface area contributed by atoms with Crippen molar-refractivity contribution >= 4 is 45.2 Å². The van der Waals surface area contributed by atoms with E-state index in [1.54, 1.807) is 28.4 Å². The van der Waals surface area contributed by atoms with Crippen LogP contribution in [0.3, 0.4) is 0 Å². The number of hydrogen-bond donors (Lipinski definition) is 0. The number of carbonyl (C=O) groups is 4. The highest BCUT2D eigenvalue weighted by molar-refractivity contribution is 6.35. The number of hydrogen-bond acceptors (Lipinski definition) is 8. The number of nitrogens with zero attached hydrogens (tertiary/aromatic N) is 2. The lowest BCUT2D eigenvalue weighted by molar-refractivity contribution is 0.0630. The SMILES string of the molecule is COc1ccc(-c2c3c(c(-c4ccc(OC)cc4)c4c2-c2cccc5cccc-4c25)C(=O)N(CCCCCCN2C(=O)c4c(c(-c5ccc(OC)cc5)c5c(c4-c4ccc(OC)cc4)-c4cccc6cccc-5c46)C2=O)C3=O)cc1. The summed E-state index contributed by atoms with van der Waals surface area (Å²) in [6.45, 7) is 0.382. The molecule has 10 aromatic carbocycles. The Morgan fingerprint density at radius 3 is 0.738 bits per heavy atom. The van der Waals surface area contributed by atoms with Crippen molar-refractivity contribution in [2.45, 2.75) is 25.7 Å². The molecule has 2 aliphatic carbocycles. The maximum Gasteiger partial charge on any atom is 0.262 e. The zero-order valence-corrected chi connectivity index (χ0v) is 44.6. The number of carbonyl (C=O) groups excluding carboxylic acids is 4. The number of fused-ring (bicyclic) bond motifs is 8. The number of methoxy groups -OCH3 is 4. The summed E-state index contributed by atoms with van der Waals surface area (Å²) in [5.74, 6) is 1.36. The lowest BCUT2D eigenvalue weighted by Crippen LogP contribution is -2.31. The van der Waals surface area contributed by atoms with Gasteiger partial charge in [0.25, 0.3) is 23.6 Å². The van der Waals surface area contributed by atoms with E-state index in [0.717, 1.165) is 111 Å². The van der Waals surface area contributed by atoms with Gasteiger partial charge in [-0.2, -0.15) is 0 Å². The molecule has 0 radical (unpaired) electrons. The van der Waals surface area contributed by atoms with E-state index in [1.807, 2.05) is 121 Å². The van der Waals surface area contributed by atoms with Gasteiger partial charge < -0.3 is 18.9 Å². The average molecular weight is 1050 g/mol. The van der Waals surface area contributed by atoms with Crippen molar-refractivity contribution in [2.75, 3.05) is 41.5 Å². The predicted molar refractivity (Wildman–Crippen MR) is 314 cm³/mol. The Morgan fingerprint density at radius 1 is 0.275 bits per heavy atom. The highest BCUT2D eigenvalue weighted by Gasteiger charge is 2.46. The van der Waals surface area contributed by atoms with Crippen molar-refractivity contribution in [3.8, 4) is 112 Å². The summed E-state index contributed by atoms with van der Waals surface area (Å²) in [5, 5.41) is 4.31. The quantitative estimate of drug-likeness (QED) is 0.0737. The smallest absolute Gasteiger partial charge is 0.262 e. The summed E-state index contributed by atoms with van der Waals surface area (Å²) >= 11 is 0.